The van der Waals surface area contributed by atoms with Crippen molar-refractivity contribution in [3.05, 3.63) is 63.0 Å². The van der Waals surface area contributed by atoms with Gasteiger partial charge in [0.2, 0.25) is 0 Å². The van der Waals surface area contributed by atoms with Gasteiger partial charge in [-0.05, 0) is 47.7 Å². The molecule has 116 valence electrons. The molecule has 0 aromatic heterocycles. The second kappa shape index (κ2) is 6.66. The second-order valence-corrected chi connectivity index (χ2v) is 6.46. The van der Waals surface area contributed by atoms with Crippen LogP contribution in [0, 0.1) is 0 Å². The maximum absolute atomic E-state index is 12.0. The number of phenolic OH excluding ortho intramolecular Hbond substituents is 1. The average Bonchev–Trinajstić information content (AvgIpc) is 2.86. The number of hydrogen-bond acceptors (Lipinski definition) is 4. The molecule has 2 N–H and O–H groups in total. The first-order valence-electron chi connectivity index (χ1n) is 6.55. The van der Waals surface area contributed by atoms with Gasteiger partial charge in [-0.2, -0.15) is 0 Å². The Kier molecular flexibility index (Phi) is 4.61. The van der Waals surface area contributed by atoms with Crippen LogP contribution in [-0.2, 0) is 4.79 Å². The molecule has 0 spiro atoms. The highest BCUT2D eigenvalue weighted by atomic mass is 35.5. The lowest BCUT2D eigenvalue weighted by Crippen LogP contribution is -2.19. The monoisotopic (exact) mass is 364 g/mol. The summed E-state index contributed by atoms with van der Waals surface area (Å²) in [5, 5.41) is 13.1. The molecule has 23 heavy (non-hydrogen) atoms. The number of hydrogen-bond donors (Lipinski definition) is 2. The Morgan fingerprint density at radius 2 is 1.87 bits per heavy atom. The average molecular weight is 365 g/mol. The van der Waals surface area contributed by atoms with Gasteiger partial charge in [-0.15, -0.1) is 0 Å². The highest BCUT2D eigenvalue weighted by molar-refractivity contribution is 8.18. The maximum atomic E-state index is 12.0. The van der Waals surface area contributed by atoms with E-state index in [4.69, 9.17) is 23.2 Å². The van der Waals surface area contributed by atoms with Crippen LogP contribution in [0.15, 0.2) is 52.4 Å². The molecule has 0 saturated carbocycles. The third kappa shape index (κ3) is 3.69. The van der Waals surface area contributed by atoms with Gasteiger partial charge in [0.1, 0.15) is 5.75 Å². The number of phenols is 1. The first kappa shape index (κ1) is 15.9. The predicted octanol–water partition coefficient (Wildman–Crippen LogP) is 4.59. The van der Waals surface area contributed by atoms with Crippen molar-refractivity contribution in [1.82, 2.24) is 5.32 Å². The fourth-order valence-electron chi connectivity index (χ4n) is 1.89. The smallest absolute Gasteiger partial charge is 0.264 e. The fourth-order valence-corrected chi connectivity index (χ4v) is 3.06. The van der Waals surface area contributed by atoms with Crippen molar-refractivity contribution in [2.75, 3.05) is 0 Å². The van der Waals surface area contributed by atoms with E-state index in [1.165, 1.54) is 11.8 Å². The fraction of sp³-hybridized carbons (Fsp3) is 0. The van der Waals surface area contributed by atoms with Gasteiger partial charge < -0.3 is 10.4 Å². The number of rotatable bonds is 2. The molecule has 1 fully saturated rings. The highest BCUT2D eigenvalue weighted by Gasteiger charge is 2.24. The number of nitrogens with one attached hydrogen (secondary N) is 1. The third-order valence-corrected chi connectivity index (χ3v) is 4.71. The molecule has 0 bridgehead atoms. The minimum atomic E-state index is -0.236. The lowest BCUT2D eigenvalue weighted by atomic mass is 10.2. The van der Waals surface area contributed by atoms with E-state index >= 15 is 0 Å². The Labute approximate surface area is 146 Å². The van der Waals surface area contributed by atoms with Crippen molar-refractivity contribution in [3.8, 4) is 5.75 Å². The first-order valence-corrected chi connectivity index (χ1v) is 8.13. The van der Waals surface area contributed by atoms with Crippen LogP contribution in [0.2, 0.25) is 10.0 Å². The number of carbonyl (C=O) groups is 1. The van der Waals surface area contributed by atoms with Crippen LogP contribution in [0.4, 0.5) is 5.69 Å². The van der Waals surface area contributed by atoms with Crippen LogP contribution < -0.4 is 5.32 Å². The van der Waals surface area contributed by atoms with Gasteiger partial charge >= 0.3 is 0 Å². The van der Waals surface area contributed by atoms with E-state index in [1.54, 1.807) is 48.5 Å². The minimum Gasteiger partial charge on any atom is -0.508 e. The number of halogens is 2. The quantitative estimate of drug-likeness (QED) is 0.766. The topological polar surface area (TPSA) is 61.7 Å². The van der Waals surface area contributed by atoms with Crippen LogP contribution in [0.3, 0.4) is 0 Å². The summed E-state index contributed by atoms with van der Waals surface area (Å²) in [5.74, 6) is -0.0616. The molecule has 0 atom stereocenters. The zero-order chi connectivity index (χ0) is 16.4. The number of nitrogens with zero attached hydrogens (tertiary/aromatic N) is 1. The molecule has 4 nitrogen and oxygen atoms in total. The van der Waals surface area contributed by atoms with Gasteiger partial charge in [0, 0.05) is 0 Å². The van der Waals surface area contributed by atoms with Gasteiger partial charge in [-0.3, -0.25) is 4.79 Å². The van der Waals surface area contributed by atoms with Gasteiger partial charge in [0.25, 0.3) is 5.91 Å². The van der Waals surface area contributed by atoms with Crippen molar-refractivity contribution in [2.45, 2.75) is 0 Å². The van der Waals surface area contributed by atoms with Crippen LogP contribution >= 0.6 is 35.0 Å². The molecule has 3 rings (SSSR count). The number of amides is 1. The minimum absolute atomic E-state index is 0.175. The van der Waals surface area contributed by atoms with Crippen LogP contribution in [0.1, 0.15) is 5.56 Å². The van der Waals surface area contributed by atoms with Crippen molar-refractivity contribution in [1.29, 1.82) is 0 Å². The molecule has 2 aromatic carbocycles. The molecule has 7 heteroatoms. The standard InChI is InChI=1S/C16H10Cl2N2O2S/c17-11-2-1-3-12(14(11)18)19-16-20-15(22)13(23-16)8-9-4-6-10(21)7-5-9/h1-8,21H,(H,19,20,22)/b13-8-. The molecule has 1 aliphatic rings. The molecule has 1 amide bonds. The molecular formula is C16H10Cl2N2O2S. The highest BCUT2D eigenvalue weighted by Crippen LogP contribution is 2.34. The van der Waals surface area contributed by atoms with Gasteiger partial charge in [0.05, 0.1) is 20.6 Å². The lowest BCUT2D eigenvalue weighted by Gasteiger charge is -2.00. The first-order chi connectivity index (χ1) is 11.0. The molecule has 1 saturated heterocycles. The number of aromatic hydroxyl groups is 1. The van der Waals surface area contributed by atoms with Gasteiger partial charge in [-0.25, -0.2) is 4.99 Å². The second-order valence-electron chi connectivity index (χ2n) is 4.65. The zero-order valence-corrected chi connectivity index (χ0v) is 13.9. The summed E-state index contributed by atoms with van der Waals surface area (Å²) < 4.78 is 0. The SMILES string of the molecule is O=C1NC(=Nc2cccc(Cl)c2Cl)S/C1=C\c1ccc(O)cc1. The van der Waals surface area contributed by atoms with Crippen molar-refractivity contribution < 1.29 is 9.90 Å². The molecule has 2 aromatic rings. The Balaban J connectivity index is 1.86. The summed E-state index contributed by atoms with van der Waals surface area (Å²) in [4.78, 5) is 16.8. The van der Waals surface area contributed by atoms with Crippen LogP contribution in [0.5, 0.6) is 5.75 Å². The molecule has 0 unspecified atom stereocenters. The molecule has 1 aliphatic heterocycles. The number of aliphatic imine (C=N–C) groups is 1. The summed E-state index contributed by atoms with van der Waals surface area (Å²) >= 11 is 13.3. The number of thioether (sulfide) groups is 1. The van der Waals surface area contributed by atoms with E-state index < -0.39 is 0 Å². The molecule has 0 aliphatic carbocycles. The van der Waals surface area contributed by atoms with Crippen molar-refractivity contribution in [3.63, 3.8) is 0 Å². The Hall–Kier alpha value is -1.95. The summed E-state index contributed by atoms with van der Waals surface area (Å²) in [6.45, 7) is 0. The normalized spacial score (nSPS) is 17.7. The number of carbonyl (C=O) groups excluding carboxylic acids is 1. The Morgan fingerprint density at radius 1 is 1.13 bits per heavy atom. The third-order valence-electron chi connectivity index (χ3n) is 2.99. The Morgan fingerprint density at radius 3 is 2.61 bits per heavy atom. The lowest BCUT2D eigenvalue weighted by molar-refractivity contribution is -0.115. The molecule has 1 heterocycles. The molecular weight excluding hydrogens is 355 g/mol. The zero-order valence-electron chi connectivity index (χ0n) is 11.6. The predicted molar refractivity (Wildman–Crippen MR) is 95.4 cm³/mol. The van der Waals surface area contributed by atoms with Gasteiger partial charge in [0.15, 0.2) is 5.17 Å². The summed E-state index contributed by atoms with van der Waals surface area (Å²) in [5.41, 5.74) is 1.30. The van der Waals surface area contributed by atoms with E-state index in [9.17, 15) is 9.90 Å². The number of benzene rings is 2. The van der Waals surface area contributed by atoms with E-state index in [-0.39, 0.29) is 11.7 Å². The largest absolute Gasteiger partial charge is 0.508 e. The summed E-state index contributed by atoms with van der Waals surface area (Å²) in [6, 6.07) is 11.7. The van der Waals surface area contributed by atoms with Crippen LogP contribution in [0.25, 0.3) is 6.08 Å². The van der Waals surface area contributed by atoms with Gasteiger partial charge in [-0.1, -0.05) is 41.4 Å². The summed E-state index contributed by atoms with van der Waals surface area (Å²) in [6.07, 6.45) is 1.72. The Bertz CT molecular complexity index is 832. The van der Waals surface area contributed by atoms with E-state index in [0.29, 0.717) is 25.8 Å². The van der Waals surface area contributed by atoms with E-state index in [2.05, 4.69) is 10.3 Å². The molecule has 0 radical (unpaired) electrons. The van der Waals surface area contributed by atoms with Crippen molar-refractivity contribution >= 4 is 57.8 Å². The van der Waals surface area contributed by atoms with Crippen LogP contribution in [-0.4, -0.2) is 16.2 Å². The van der Waals surface area contributed by atoms with Crippen molar-refractivity contribution in [2.24, 2.45) is 4.99 Å². The maximum Gasteiger partial charge on any atom is 0.264 e. The summed E-state index contributed by atoms with van der Waals surface area (Å²) in [7, 11) is 0. The van der Waals surface area contributed by atoms with E-state index in [0.717, 1.165) is 5.56 Å². The number of amidine groups is 1. The van der Waals surface area contributed by atoms with E-state index in [1.807, 2.05) is 0 Å².